The van der Waals surface area contributed by atoms with Crippen molar-refractivity contribution in [2.45, 2.75) is 56.9 Å². The molecule has 3 fully saturated rings. The molecule has 0 bridgehead atoms. The van der Waals surface area contributed by atoms with E-state index in [2.05, 4.69) is 11.9 Å². The van der Waals surface area contributed by atoms with Crippen LogP contribution in [0.15, 0.2) is 91.6 Å². The largest absolute Gasteiger partial charge is 0.508 e. The minimum Gasteiger partial charge on any atom is -0.508 e. The van der Waals surface area contributed by atoms with E-state index in [0.717, 1.165) is 34.1 Å². The third-order valence-electron chi connectivity index (χ3n) is 10.7. The summed E-state index contributed by atoms with van der Waals surface area (Å²) in [4.78, 5) is 61.7. The number of phenols is 1. The lowest BCUT2D eigenvalue weighted by atomic mass is 9.97. The summed E-state index contributed by atoms with van der Waals surface area (Å²) in [6.07, 6.45) is 6.11. The average molecular weight is 732 g/mol. The number of phenolic OH excluding ortho intramolecular Hbond substituents is 1. The lowest BCUT2D eigenvalue weighted by molar-refractivity contribution is -0.205. The van der Waals surface area contributed by atoms with Crippen molar-refractivity contribution in [1.82, 2.24) is 34.6 Å². The van der Waals surface area contributed by atoms with E-state index in [1.54, 1.807) is 55.1 Å². The molecule has 3 heterocycles. The van der Waals surface area contributed by atoms with Gasteiger partial charge in [0, 0.05) is 70.7 Å². The predicted molar refractivity (Wildman–Crippen MR) is 206 cm³/mol. The number of rotatable bonds is 14. The van der Waals surface area contributed by atoms with Crippen LogP contribution in [0.4, 0.5) is 0 Å². The van der Waals surface area contributed by atoms with Gasteiger partial charge in [0.2, 0.25) is 17.7 Å². The fourth-order valence-corrected chi connectivity index (χ4v) is 7.86. The molecule has 2 atom stereocenters. The number of aromatic hydroxyl groups is 1. The van der Waals surface area contributed by atoms with Gasteiger partial charge >= 0.3 is 0 Å². The predicted octanol–water partition coefficient (Wildman–Crippen LogP) is 3.69. The topological polar surface area (TPSA) is 122 Å². The van der Waals surface area contributed by atoms with Gasteiger partial charge in [0.15, 0.2) is 0 Å². The number of hydrazine groups is 1. The van der Waals surface area contributed by atoms with E-state index in [1.165, 1.54) is 12.8 Å². The van der Waals surface area contributed by atoms with Crippen molar-refractivity contribution in [1.29, 1.82) is 0 Å². The highest BCUT2D eigenvalue weighted by atomic mass is 16.3. The number of nitrogens with one attached hydrogen (secondary N) is 1. The highest BCUT2D eigenvalue weighted by Gasteiger charge is 2.51. The van der Waals surface area contributed by atoms with Gasteiger partial charge in [-0.15, -0.1) is 6.58 Å². The van der Waals surface area contributed by atoms with Crippen LogP contribution in [-0.4, -0.2) is 116 Å². The summed E-state index contributed by atoms with van der Waals surface area (Å²) in [6.45, 7) is 5.76. The van der Waals surface area contributed by atoms with Crippen molar-refractivity contribution in [3.05, 3.63) is 114 Å². The number of benzene rings is 3. The lowest BCUT2D eigenvalue weighted by Gasteiger charge is -2.55. The smallest absolute Gasteiger partial charge is 0.255 e. The Bertz CT molecular complexity index is 2030. The second kappa shape index (κ2) is 15.9. The van der Waals surface area contributed by atoms with E-state index < -0.39 is 12.2 Å². The molecule has 1 aliphatic carbocycles. The highest BCUT2D eigenvalue weighted by Crippen LogP contribution is 2.32. The Labute approximate surface area is 316 Å². The molecule has 282 valence electrons. The quantitative estimate of drug-likeness (QED) is 0.190. The highest BCUT2D eigenvalue weighted by molar-refractivity contribution is 6.07. The van der Waals surface area contributed by atoms with Crippen molar-refractivity contribution >= 4 is 34.5 Å². The second-order valence-corrected chi connectivity index (χ2v) is 14.7. The zero-order valence-electron chi connectivity index (χ0n) is 31.1. The Hall–Kier alpha value is -5.46. The number of nitrogens with zero attached hydrogens (tertiary/aromatic N) is 6. The zero-order chi connectivity index (χ0) is 37.9. The molecular weight excluding hydrogens is 683 g/mol. The summed E-state index contributed by atoms with van der Waals surface area (Å²) in [5, 5.41) is 17.6. The number of carbonyl (C=O) groups is 4. The number of aromatic nitrogens is 1. The molecule has 7 rings (SSSR count). The van der Waals surface area contributed by atoms with Gasteiger partial charge in [0.25, 0.3) is 5.91 Å². The number of hydrogen-bond donors (Lipinski definition) is 2. The summed E-state index contributed by atoms with van der Waals surface area (Å²) in [7, 11) is 3.73. The first kappa shape index (κ1) is 36.9. The normalized spacial score (nSPS) is 19.0. The summed E-state index contributed by atoms with van der Waals surface area (Å²) in [5.74, 6) is -0.583. The fraction of sp³-hybridized carbons (Fsp3) is 0.381. The van der Waals surface area contributed by atoms with Gasteiger partial charge in [0.05, 0.1) is 24.2 Å². The summed E-state index contributed by atoms with van der Waals surface area (Å²) < 4.78 is 1.94. The molecule has 2 aliphatic heterocycles. The third-order valence-corrected chi connectivity index (χ3v) is 10.7. The van der Waals surface area contributed by atoms with Gasteiger partial charge < -0.3 is 29.7 Å². The van der Waals surface area contributed by atoms with Gasteiger partial charge in [-0.1, -0.05) is 66.7 Å². The van der Waals surface area contributed by atoms with Crippen LogP contribution >= 0.6 is 0 Å². The van der Waals surface area contributed by atoms with E-state index in [0.29, 0.717) is 24.6 Å². The van der Waals surface area contributed by atoms with E-state index in [-0.39, 0.29) is 68.4 Å². The molecule has 12 heteroatoms. The Morgan fingerprint density at radius 2 is 1.76 bits per heavy atom. The summed E-state index contributed by atoms with van der Waals surface area (Å²) in [6, 6.07) is 21.9. The van der Waals surface area contributed by atoms with E-state index in [4.69, 9.17) is 0 Å². The molecule has 3 aromatic carbocycles. The number of para-hydroxylation sites is 1. The maximum Gasteiger partial charge on any atom is 0.255 e. The second-order valence-electron chi connectivity index (χ2n) is 14.7. The Morgan fingerprint density at radius 1 is 1.00 bits per heavy atom. The molecular formula is C42H49N7O5. The van der Waals surface area contributed by atoms with Gasteiger partial charge in [-0.2, -0.15) is 0 Å². The molecule has 4 amide bonds. The Balaban J connectivity index is 1.21. The number of hydrogen-bond acceptors (Lipinski definition) is 7. The number of aryl methyl sites for hydroxylation is 2. The molecule has 4 aromatic rings. The minimum absolute atomic E-state index is 0.0660. The number of carbonyl (C=O) groups excluding carboxylic acids is 4. The van der Waals surface area contributed by atoms with Crippen molar-refractivity contribution in [2.75, 3.05) is 39.8 Å². The van der Waals surface area contributed by atoms with Gasteiger partial charge in [0.1, 0.15) is 18.0 Å². The van der Waals surface area contributed by atoms with Gasteiger partial charge in [-0.3, -0.25) is 19.2 Å². The molecule has 12 nitrogen and oxygen atoms in total. The molecule has 1 saturated carbocycles. The zero-order valence-corrected chi connectivity index (χ0v) is 31.1. The van der Waals surface area contributed by atoms with Crippen molar-refractivity contribution in [3.8, 4) is 5.75 Å². The van der Waals surface area contributed by atoms with Crippen LogP contribution in [0, 0.1) is 0 Å². The monoisotopic (exact) mass is 731 g/mol. The maximum atomic E-state index is 14.6. The molecule has 3 aliphatic rings. The molecule has 2 saturated heterocycles. The SMILES string of the molecule is C=CCN1CC(=O)N2[C@@H](Cc3ccc(O)cc3)C(=O)N(Cc3cccc4c(C(=O)N(C)CCNC5CC5)cn(C)c34)C[C@@H]2N1C(=O)CCc1ccccc1. The maximum absolute atomic E-state index is 14.6. The number of piperazine rings is 1. The first-order valence-corrected chi connectivity index (χ1v) is 18.8. The van der Waals surface area contributed by atoms with Crippen LogP contribution in [0.5, 0.6) is 5.75 Å². The van der Waals surface area contributed by atoms with Crippen molar-refractivity contribution in [3.63, 3.8) is 0 Å². The molecule has 0 spiro atoms. The first-order valence-electron chi connectivity index (χ1n) is 18.8. The number of fused-ring (bicyclic) bond motifs is 2. The van der Waals surface area contributed by atoms with Crippen molar-refractivity contribution < 1.29 is 24.3 Å². The van der Waals surface area contributed by atoms with Gasteiger partial charge in [-0.05, 0) is 48.1 Å². The third kappa shape index (κ3) is 7.76. The van der Waals surface area contributed by atoms with Crippen molar-refractivity contribution in [2.24, 2.45) is 7.05 Å². The molecule has 0 unspecified atom stereocenters. The Morgan fingerprint density at radius 3 is 2.48 bits per heavy atom. The fourth-order valence-electron chi connectivity index (χ4n) is 7.86. The average Bonchev–Trinajstić information content (AvgIpc) is 3.93. The Kier molecular flexibility index (Phi) is 10.8. The molecule has 1 aromatic heterocycles. The first-order chi connectivity index (χ1) is 26.1. The van der Waals surface area contributed by atoms with Crippen LogP contribution in [-0.2, 0) is 40.8 Å². The van der Waals surface area contributed by atoms with Crippen LogP contribution < -0.4 is 5.32 Å². The number of amides is 4. The molecule has 0 radical (unpaired) electrons. The summed E-state index contributed by atoms with van der Waals surface area (Å²) in [5.41, 5.74) is 4.10. The van der Waals surface area contributed by atoms with E-state index >= 15 is 0 Å². The van der Waals surface area contributed by atoms with Gasteiger partial charge in [-0.25, -0.2) is 10.0 Å². The van der Waals surface area contributed by atoms with Crippen LogP contribution in [0.25, 0.3) is 10.9 Å². The summed E-state index contributed by atoms with van der Waals surface area (Å²) >= 11 is 0. The number of likely N-dealkylation sites (N-methyl/N-ethyl adjacent to an activating group) is 1. The van der Waals surface area contributed by atoms with Crippen LogP contribution in [0.1, 0.15) is 46.3 Å². The minimum atomic E-state index is -0.890. The van der Waals surface area contributed by atoms with Crippen LogP contribution in [0.2, 0.25) is 0 Å². The standard InChI is InChI=1S/C42H49N7O5/c1-4-22-47-28-39(52)48-36(24-30-13-18-33(50)19-14-30)42(54)46(27-37(48)49(47)38(51)20-15-29-9-6-5-7-10-29)25-31-11-8-12-34-35(26-45(3)40(31)34)41(53)44(2)23-21-43-32-16-17-32/h4-14,18-19,26,32,36-37,43,50H,1,15-17,20-25,27-28H2,2-3H3/t36-,37-/m0/s1. The lowest BCUT2D eigenvalue weighted by Crippen LogP contribution is -2.75. The van der Waals surface area contributed by atoms with E-state index in [1.807, 2.05) is 73.4 Å². The van der Waals surface area contributed by atoms with Crippen LogP contribution in [0.3, 0.4) is 0 Å². The van der Waals surface area contributed by atoms with E-state index in [9.17, 15) is 24.3 Å². The molecule has 2 N–H and O–H groups in total. The molecule has 54 heavy (non-hydrogen) atoms.